The third kappa shape index (κ3) is 3.45. The molecular formula is C13H19ClN2O2. The van der Waals surface area contributed by atoms with E-state index in [1.54, 1.807) is 6.92 Å². The van der Waals surface area contributed by atoms with Crippen molar-refractivity contribution >= 4 is 18.3 Å². The number of benzene rings is 1. The largest absolute Gasteiger partial charge is 0.371 e. The van der Waals surface area contributed by atoms with Gasteiger partial charge in [-0.2, -0.15) is 0 Å². The zero-order valence-corrected chi connectivity index (χ0v) is 11.2. The number of hydrogen-bond donors (Lipinski definition) is 2. The first-order valence-corrected chi connectivity index (χ1v) is 5.91. The summed E-state index contributed by atoms with van der Waals surface area (Å²) in [5.74, 6) is -0.124. The van der Waals surface area contributed by atoms with Crippen molar-refractivity contribution in [2.75, 3.05) is 6.61 Å². The summed E-state index contributed by atoms with van der Waals surface area (Å²) in [4.78, 5) is 11.6. The molecule has 4 nitrogen and oxygen atoms in total. The molecule has 3 N–H and O–H groups in total. The Labute approximate surface area is 113 Å². The Hall–Kier alpha value is -1.10. The monoisotopic (exact) mass is 270 g/mol. The number of rotatable bonds is 3. The van der Waals surface area contributed by atoms with Crippen LogP contribution in [0.25, 0.3) is 0 Å². The summed E-state index contributed by atoms with van der Waals surface area (Å²) < 4.78 is 5.68. The smallest absolute Gasteiger partial charge is 0.236 e. The first-order chi connectivity index (χ1) is 8.18. The van der Waals surface area contributed by atoms with Gasteiger partial charge < -0.3 is 15.8 Å². The highest BCUT2D eigenvalue weighted by atomic mass is 35.5. The van der Waals surface area contributed by atoms with Crippen molar-refractivity contribution in [1.82, 2.24) is 5.32 Å². The summed E-state index contributed by atoms with van der Waals surface area (Å²) in [6, 6.07) is 9.49. The van der Waals surface area contributed by atoms with Crippen LogP contribution < -0.4 is 11.1 Å². The highest BCUT2D eigenvalue weighted by Gasteiger charge is 2.31. The fourth-order valence-electron chi connectivity index (χ4n) is 2.02. The predicted octanol–water partition coefficient (Wildman–Crippen LogP) is 1.40. The third-order valence-electron chi connectivity index (χ3n) is 2.96. The van der Waals surface area contributed by atoms with Gasteiger partial charge in [0.2, 0.25) is 5.91 Å². The van der Waals surface area contributed by atoms with Crippen LogP contribution in [0.4, 0.5) is 0 Å². The molecule has 100 valence electrons. The molecule has 5 heteroatoms. The second-order valence-corrected chi connectivity index (χ2v) is 4.39. The Morgan fingerprint density at radius 1 is 1.44 bits per heavy atom. The van der Waals surface area contributed by atoms with Gasteiger partial charge in [0, 0.05) is 6.61 Å². The van der Waals surface area contributed by atoms with Crippen molar-refractivity contribution in [3.05, 3.63) is 35.9 Å². The summed E-state index contributed by atoms with van der Waals surface area (Å²) in [5, 5.41) is 2.94. The summed E-state index contributed by atoms with van der Waals surface area (Å²) >= 11 is 0. The molecule has 1 aromatic carbocycles. The average molecular weight is 271 g/mol. The first-order valence-electron chi connectivity index (χ1n) is 5.91. The van der Waals surface area contributed by atoms with Crippen molar-refractivity contribution in [3.8, 4) is 0 Å². The molecule has 0 radical (unpaired) electrons. The van der Waals surface area contributed by atoms with Gasteiger partial charge >= 0.3 is 0 Å². The van der Waals surface area contributed by atoms with E-state index in [-0.39, 0.29) is 30.5 Å². The van der Waals surface area contributed by atoms with Gasteiger partial charge in [0.1, 0.15) is 6.10 Å². The summed E-state index contributed by atoms with van der Waals surface area (Å²) in [6.07, 6.45) is 0.775. The van der Waals surface area contributed by atoms with Crippen LogP contribution in [0.5, 0.6) is 0 Å². The topological polar surface area (TPSA) is 64.4 Å². The minimum atomic E-state index is -0.480. The number of amides is 1. The van der Waals surface area contributed by atoms with E-state index in [4.69, 9.17) is 10.5 Å². The SMILES string of the molecule is C[C@@H](N)C(=O)NC1CCOC1c1ccccc1.Cl. The van der Waals surface area contributed by atoms with Gasteiger partial charge in [-0.15, -0.1) is 12.4 Å². The second kappa shape index (κ2) is 6.73. The lowest BCUT2D eigenvalue weighted by Gasteiger charge is -2.21. The van der Waals surface area contributed by atoms with E-state index in [2.05, 4.69) is 5.32 Å². The predicted molar refractivity (Wildman–Crippen MR) is 72.6 cm³/mol. The van der Waals surface area contributed by atoms with Crippen LogP contribution in [0, 0.1) is 0 Å². The molecular weight excluding hydrogens is 252 g/mol. The Kier molecular flexibility index (Phi) is 5.59. The molecule has 0 saturated carbocycles. The van der Waals surface area contributed by atoms with Gasteiger partial charge in [-0.25, -0.2) is 0 Å². The summed E-state index contributed by atoms with van der Waals surface area (Å²) in [6.45, 7) is 2.35. The van der Waals surface area contributed by atoms with E-state index in [9.17, 15) is 4.79 Å². The summed E-state index contributed by atoms with van der Waals surface area (Å²) in [5.41, 5.74) is 6.64. The number of halogens is 1. The number of ether oxygens (including phenoxy) is 1. The van der Waals surface area contributed by atoms with Crippen molar-refractivity contribution in [2.45, 2.75) is 31.5 Å². The van der Waals surface area contributed by atoms with E-state index in [0.717, 1.165) is 12.0 Å². The quantitative estimate of drug-likeness (QED) is 0.873. The molecule has 0 aliphatic carbocycles. The normalized spacial score (nSPS) is 24.1. The zero-order chi connectivity index (χ0) is 12.3. The molecule has 0 aromatic heterocycles. The van der Waals surface area contributed by atoms with Crippen LogP contribution in [-0.4, -0.2) is 24.6 Å². The van der Waals surface area contributed by atoms with E-state index in [1.165, 1.54) is 0 Å². The van der Waals surface area contributed by atoms with Gasteiger partial charge in [0.15, 0.2) is 0 Å². The highest BCUT2D eigenvalue weighted by Crippen LogP contribution is 2.28. The Balaban J connectivity index is 0.00000162. The summed E-state index contributed by atoms with van der Waals surface area (Å²) in [7, 11) is 0. The number of carbonyl (C=O) groups is 1. The lowest BCUT2D eigenvalue weighted by atomic mass is 10.0. The molecule has 1 aromatic rings. The van der Waals surface area contributed by atoms with Gasteiger partial charge in [-0.1, -0.05) is 30.3 Å². The number of nitrogens with one attached hydrogen (secondary N) is 1. The fourth-order valence-corrected chi connectivity index (χ4v) is 2.02. The van der Waals surface area contributed by atoms with Crippen LogP contribution in [-0.2, 0) is 9.53 Å². The molecule has 1 saturated heterocycles. The second-order valence-electron chi connectivity index (χ2n) is 4.39. The minimum absolute atomic E-state index is 0. The molecule has 2 rings (SSSR count). The maximum atomic E-state index is 11.6. The Morgan fingerprint density at radius 3 is 2.72 bits per heavy atom. The van der Waals surface area contributed by atoms with E-state index < -0.39 is 6.04 Å². The molecule has 1 aliphatic heterocycles. The van der Waals surface area contributed by atoms with Crippen LogP contribution in [0.1, 0.15) is 25.0 Å². The van der Waals surface area contributed by atoms with Crippen LogP contribution in [0.3, 0.4) is 0 Å². The van der Waals surface area contributed by atoms with Crippen molar-refractivity contribution in [1.29, 1.82) is 0 Å². The Morgan fingerprint density at radius 2 is 2.11 bits per heavy atom. The Bertz CT molecular complexity index is 384. The maximum Gasteiger partial charge on any atom is 0.236 e. The van der Waals surface area contributed by atoms with E-state index in [0.29, 0.717) is 6.61 Å². The van der Waals surface area contributed by atoms with E-state index >= 15 is 0 Å². The van der Waals surface area contributed by atoms with Gasteiger partial charge in [0.05, 0.1) is 12.1 Å². The van der Waals surface area contributed by atoms with Gasteiger partial charge in [-0.3, -0.25) is 4.79 Å². The molecule has 1 fully saturated rings. The third-order valence-corrected chi connectivity index (χ3v) is 2.96. The molecule has 1 heterocycles. The molecule has 18 heavy (non-hydrogen) atoms. The van der Waals surface area contributed by atoms with Crippen molar-refractivity contribution in [3.63, 3.8) is 0 Å². The van der Waals surface area contributed by atoms with Gasteiger partial charge in [-0.05, 0) is 18.9 Å². The molecule has 2 unspecified atom stereocenters. The number of nitrogens with two attached hydrogens (primary N) is 1. The number of carbonyl (C=O) groups excluding carboxylic acids is 1. The lowest BCUT2D eigenvalue weighted by molar-refractivity contribution is -0.123. The van der Waals surface area contributed by atoms with Crippen LogP contribution in [0.2, 0.25) is 0 Å². The molecule has 1 aliphatic rings. The average Bonchev–Trinajstić information content (AvgIpc) is 2.78. The highest BCUT2D eigenvalue weighted by molar-refractivity contribution is 5.85. The van der Waals surface area contributed by atoms with E-state index in [1.807, 2.05) is 30.3 Å². The van der Waals surface area contributed by atoms with Crippen molar-refractivity contribution in [2.24, 2.45) is 5.73 Å². The van der Waals surface area contributed by atoms with Crippen molar-refractivity contribution < 1.29 is 9.53 Å². The fraction of sp³-hybridized carbons (Fsp3) is 0.462. The zero-order valence-electron chi connectivity index (χ0n) is 10.3. The molecule has 0 bridgehead atoms. The maximum absolute atomic E-state index is 11.6. The molecule has 0 spiro atoms. The minimum Gasteiger partial charge on any atom is -0.371 e. The number of hydrogen-bond acceptors (Lipinski definition) is 3. The van der Waals surface area contributed by atoms with Crippen LogP contribution in [0.15, 0.2) is 30.3 Å². The lowest BCUT2D eigenvalue weighted by Crippen LogP contribution is -2.44. The molecule has 3 atom stereocenters. The van der Waals surface area contributed by atoms with Crippen LogP contribution >= 0.6 is 12.4 Å². The molecule has 1 amide bonds. The first kappa shape index (κ1) is 15.0. The van der Waals surface area contributed by atoms with Gasteiger partial charge in [0.25, 0.3) is 0 Å². The standard InChI is InChI=1S/C13H18N2O2.ClH/c1-9(14)13(16)15-11-7-8-17-12(11)10-5-3-2-4-6-10;/h2-6,9,11-12H,7-8,14H2,1H3,(H,15,16);1H/t9-,11?,12?;/m1./s1.